The van der Waals surface area contributed by atoms with E-state index in [2.05, 4.69) is 38.1 Å². The van der Waals surface area contributed by atoms with Gasteiger partial charge in [0.05, 0.1) is 0 Å². The van der Waals surface area contributed by atoms with E-state index < -0.39 is 0 Å². The molecule has 0 heterocycles. The Bertz CT molecular complexity index is 831. The minimum absolute atomic E-state index is 0.163. The lowest BCUT2D eigenvalue weighted by atomic mass is 9.93. The smallest absolute Gasteiger partial charge is 0.167 e. The fourth-order valence-corrected chi connectivity index (χ4v) is 3.08. The van der Waals surface area contributed by atoms with E-state index in [9.17, 15) is 4.79 Å². The highest BCUT2D eigenvalue weighted by atomic mass is 16.1. The van der Waals surface area contributed by atoms with Crippen molar-refractivity contribution in [3.63, 3.8) is 0 Å². The van der Waals surface area contributed by atoms with Crippen LogP contribution in [0.25, 0.3) is 11.1 Å². The van der Waals surface area contributed by atoms with Gasteiger partial charge in [0.15, 0.2) is 5.78 Å². The summed E-state index contributed by atoms with van der Waals surface area (Å²) in [7, 11) is 0. The summed E-state index contributed by atoms with van der Waals surface area (Å²) in [5.74, 6) is 0.722. The van der Waals surface area contributed by atoms with Crippen LogP contribution in [-0.4, -0.2) is 5.78 Å². The highest BCUT2D eigenvalue weighted by Crippen LogP contribution is 2.25. The van der Waals surface area contributed by atoms with E-state index in [1.54, 1.807) is 0 Å². The van der Waals surface area contributed by atoms with Gasteiger partial charge in [-0.15, -0.1) is 0 Å². The lowest BCUT2D eigenvalue weighted by Crippen LogP contribution is -2.05. The maximum absolute atomic E-state index is 12.9. The van der Waals surface area contributed by atoms with Crippen LogP contribution in [0, 0.1) is 0 Å². The minimum Gasteiger partial charge on any atom is -0.294 e. The molecule has 0 N–H and O–H groups in total. The van der Waals surface area contributed by atoms with Crippen LogP contribution >= 0.6 is 0 Å². The van der Waals surface area contributed by atoms with Gasteiger partial charge in [-0.1, -0.05) is 92.7 Å². The standard InChI is InChI=1S/C24H24O/c1-3-18(2)20-15-13-19(14-16-20)17-24(25)23-12-8-7-11-22(23)21-9-5-4-6-10-21/h4-16,18H,3,17H2,1-2H3. The normalized spacial score (nSPS) is 11.9. The molecule has 1 nitrogen and oxygen atoms in total. The van der Waals surface area contributed by atoms with Crippen molar-refractivity contribution in [3.05, 3.63) is 95.6 Å². The molecule has 1 heteroatoms. The lowest BCUT2D eigenvalue weighted by molar-refractivity contribution is 0.0993. The zero-order valence-corrected chi connectivity index (χ0v) is 14.9. The van der Waals surface area contributed by atoms with E-state index in [0.717, 1.165) is 28.7 Å². The van der Waals surface area contributed by atoms with Crippen molar-refractivity contribution in [2.45, 2.75) is 32.6 Å². The molecule has 3 aromatic carbocycles. The monoisotopic (exact) mass is 328 g/mol. The maximum atomic E-state index is 12.9. The van der Waals surface area contributed by atoms with Gasteiger partial charge >= 0.3 is 0 Å². The van der Waals surface area contributed by atoms with Crippen LogP contribution in [0.1, 0.15) is 47.7 Å². The number of hydrogen-bond acceptors (Lipinski definition) is 1. The number of carbonyl (C=O) groups is 1. The molecule has 0 aliphatic carbocycles. The summed E-state index contributed by atoms with van der Waals surface area (Å²) in [5.41, 5.74) is 5.28. The number of rotatable bonds is 6. The third kappa shape index (κ3) is 4.06. The lowest BCUT2D eigenvalue weighted by Gasteiger charge is -2.11. The second-order valence-electron chi connectivity index (χ2n) is 6.56. The van der Waals surface area contributed by atoms with Crippen molar-refractivity contribution >= 4 is 5.78 Å². The number of carbonyl (C=O) groups excluding carboxylic acids is 1. The van der Waals surface area contributed by atoms with Gasteiger partial charge in [0.25, 0.3) is 0 Å². The van der Waals surface area contributed by atoms with Gasteiger partial charge in [-0.3, -0.25) is 4.79 Å². The van der Waals surface area contributed by atoms with Gasteiger partial charge < -0.3 is 0 Å². The molecular formula is C24H24O. The summed E-state index contributed by atoms with van der Waals surface area (Å²) in [6.07, 6.45) is 1.56. The van der Waals surface area contributed by atoms with Crippen LogP contribution in [0.4, 0.5) is 0 Å². The Morgan fingerprint density at radius 1 is 0.840 bits per heavy atom. The van der Waals surface area contributed by atoms with Gasteiger partial charge in [-0.05, 0) is 34.6 Å². The van der Waals surface area contributed by atoms with Crippen molar-refractivity contribution in [3.8, 4) is 11.1 Å². The Kier molecular flexibility index (Phi) is 5.45. The molecule has 3 aromatic rings. The van der Waals surface area contributed by atoms with Gasteiger partial charge in [0.1, 0.15) is 0 Å². The minimum atomic E-state index is 0.163. The second kappa shape index (κ2) is 7.94. The summed E-state index contributed by atoms with van der Waals surface area (Å²) in [5, 5.41) is 0. The average molecular weight is 328 g/mol. The molecule has 0 aliphatic heterocycles. The number of benzene rings is 3. The van der Waals surface area contributed by atoms with E-state index >= 15 is 0 Å². The van der Waals surface area contributed by atoms with Crippen LogP contribution in [-0.2, 0) is 6.42 Å². The quantitative estimate of drug-likeness (QED) is 0.486. The Hall–Kier alpha value is -2.67. The fraction of sp³-hybridized carbons (Fsp3) is 0.208. The van der Waals surface area contributed by atoms with Gasteiger partial charge in [0.2, 0.25) is 0 Å². The highest BCUT2D eigenvalue weighted by Gasteiger charge is 2.13. The first kappa shape index (κ1) is 17.2. The summed E-state index contributed by atoms with van der Waals surface area (Å²) >= 11 is 0. The van der Waals surface area contributed by atoms with E-state index in [1.165, 1.54) is 5.56 Å². The summed E-state index contributed by atoms with van der Waals surface area (Å²) in [6, 6.07) is 26.5. The largest absolute Gasteiger partial charge is 0.294 e. The Morgan fingerprint density at radius 2 is 1.48 bits per heavy atom. The van der Waals surface area contributed by atoms with E-state index in [4.69, 9.17) is 0 Å². The van der Waals surface area contributed by atoms with Crippen LogP contribution in [0.15, 0.2) is 78.9 Å². The molecule has 0 bridgehead atoms. The molecule has 0 saturated heterocycles. The third-order valence-corrected chi connectivity index (χ3v) is 4.84. The molecule has 1 unspecified atom stereocenters. The van der Waals surface area contributed by atoms with Crippen LogP contribution in [0.2, 0.25) is 0 Å². The average Bonchev–Trinajstić information content (AvgIpc) is 2.68. The molecule has 0 aliphatic rings. The first-order valence-electron chi connectivity index (χ1n) is 8.95. The topological polar surface area (TPSA) is 17.1 Å². The Balaban J connectivity index is 1.83. The molecule has 0 spiro atoms. The van der Waals surface area contributed by atoms with Gasteiger partial charge in [-0.25, -0.2) is 0 Å². The number of Topliss-reactive ketones (excluding diaryl/α,β-unsaturated/α-hetero) is 1. The second-order valence-corrected chi connectivity index (χ2v) is 6.56. The van der Waals surface area contributed by atoms with Crippen LogP contribution in [0.3, 0.4) is 0 Å². The predicted molar refractivity (Wildman–Crippen MR) is 105 cm³/mol. The summed E-state index contributed by atoms with van der Waals surface area (Å²) in [4.78, 5) is 12.9. The predicted octanol–water partition coefficient (Wildman–Crippen LogP) is 6.29. The zero-order chi connectivity index (χ0) is 17.6. The molecule has 126 valence electrons. The maximum Gasteiger partial charge on any atom is 0.167 e. The molecule has 25 heavy (non-hydrogen) atoms. The first-order valence-corrected chi connectivity index (χ1v) is 8.95. The summed E-state index contributed by atoms with van der Waals surface area (Å²) in [6.45, 7) is 4.43. The Morgan fingerprint density at radius 3 is 2.16 bits per heavy atom. The zero-order valence-electron chi connectivity index (χ0n) is 14.9. The first-order chi connectivity index (χ1) is 12.2. The van der Waals surface area contributed by atoms with E-state index in [-0.39, 0.29) is 5.78 Å². The van der Waals surface area contributed by atoms with E-state index in [0.29, 0.717) is 12.3 Å². The number of ketones is 1. The molecular weight excluding hydrogens is 304 g/mol. The molecule has 0 amide bonds. The molecule has 1 atom stereocenters. The van der Waals surface area contributed by atoms with Gasteiger partial charge in [0, 0.05) is 12.0 Å². The van der Waals surface area contributed by atoms with Crippen molar-refractivity contribution in [2.24, 2.45) is 0 Å². The SMILES string of the molecule is CCC(C)c1ccc(CC(=O)c2ccccc2-c2ccccc2)cc1. The van der Waals surface area contributed by atoms with Crippen LogP contribution < -0.4 is 0 Å². The van der Waals surface area contributed by atoms with E-state index in [1.807, 2.05) is 54.6 Å². The molecule has 3 rings (SSSR count). The Labute approximate surface area is 150 Å². The number of hydrogen-bond donors (Lipinski definition) is 0. The fourth-order valence-electron chi connectivity index (χ4n) is 3.08. The molecule has 0 saturated carbocycles. The molecule has 0 aromatic heterocycles. The van der Waals surface area contributed by atoms with Crippen LogP contribution in [0.5, 0.6) is 0 Å². The van der Waals surface area contributed by atoms with Crippen molar-refractivity contribution < 1.29 is 4.79 Å². The van der Waals surface area contributed by atoms with Crippen molar-refractivity contribution in [1.29, 1.82) is 0 Å². The van der Waals surface area contributed by atoms with Crippen molar-refractivity contribution in [2.75, 3.05) is 0 Å². The molecule has 0 fully saturated rings. The van der Waals surface area contributed by atoms with Gasteiger partial charge in [-0.2, -0.15) is 0 Å². The summed E-state index contributed by atoms with van der Waals surface area (Å²) < 4.78 is 0. The van der Waals surface area contributed by atoms with Crippen molar-refractivity contribution in [1.82, 2.24) is 0 Å². The molecule has 0 radical (unpaired) electrons. The third-order valence-electron chi connectivity index (χ3n) is 4.84. The highest BCUT2D eigenvalue weighted by molar-refractivity contribution is 6.03.